The van der Waals surface area contributed by atoms with Gasteiger partial charge in [-0.3, -0.25) is 4.79 Å². The van der Waals surface area contributed by atoms with E-state index in [4.69, 9.17) is 23.8 Å². The Balaban J connectivity index is 2.63. The smallest absolute Gasteiger partial charge is 0.244 e. The van der Waals surface area contributed by atoms with E-state index in [0.717, 1.165) is 11.0 Å². The fraction of sp³-hybridized carbons (Fsp3) is 0.333. The number of imidazole rings is 1. The van der Waals surface area contributed by atoms with E-state index < -0.39 is 0 Å². The van der Waals surface area contributed by atoms with Crippen LogP contribution in [0.15, 0.2) is 18.2 Å². The molecule has 1 aromatic heterocycles. The van der Waals surface area contributed by atoms with E-state index >= 15 is 0 Å². The fourth-order valence-corrected chi connectivity index (χ4v) is 2.50. The largest absolute Gasteiger partial charge is 0.347 e. The number of amides is 1. The number of aromatic nitrogens is 2. The van der Waals surface area contributed by atoms with Crippen LogP contribution in [-0.4, -0.2) is 34.5 Å². The highest BCUT2D eigenvalue weighted by Crippen LogP contribution is 2.23. The van der Waals surface area contributed by atoms with Gasteiger partial charge in [-0.25, -0.2) is 0 Å². The highest BCUT2D eigenvalue weighted by molar-refractivity contribution is 7.71. The normalized spacial score (nSPS) is 12.7. The van der Waals surface area contributed by atoms with E-state index in [1.165, 1.54) is 0 Å². The average Bonchev–Trinajstić information content (AvgIpc) is 2.62. The van der Waals surface area contributed by atoms with Gasteiger partial charge in [0.2, 0.25) is 5.91 Å². The first-order valence-corrected chi connectivity index (χ1v) is 6.31. The molecule has 0 radical (unpaired) electrons. The van der Waals surface area contributed by atoms with E-state index in [1.807, 2.05) is 19.1 Å². The maximum absolute atomic E-state index is 12.0. The molecule has 1 N–H and O–H groups in total. The van der Waals surface area contributed by atoms with Gasteiger partial charge in [-0.1, -0.05) is 11.6 Å². The molecule has 0 saturated carbocycles. The SMILES string of the molecule is CC(C(=O)N(C)C)n1c(=S)[nH]c2ccc(Cl)cc21. The number of benzene rings is 1. The molecule has 6 heteroatoms. The summed E-state index contributed by atoms with van der Waals surface area (Å²) in [5, 5.41) is 0.620. The molecule has 1 amide bonds. The van der Waals surface area contributed by atoms with E-state index in [0.29, 0.717) is 9.79 Å². The lowest BCUT2D eigenvalue weighted by Crippen LogP contribution is -2.29. The molecule has 0 spiro atoms. The van der Waals surface area contributed by atoms with Crippen LogP contribution in [-0.2, 0) is 4.79 Å². The Morgan fingerprint density at radius 3 is 2.78 bits per heavy atom. The Morgan fingerprint density at radius 2 is 2.17 bits per heavy atom. The molecular weight excluding hydrogens is 270 g/mol. The zero-order chi connectivity index (χ0) is 13.4. The van der Waals surface area contributed by atoms with Crippen LogP contribution in [0.2, 0.25) is 5.02 Å². The van der Waals surface area contributed by atoms with Crippen molar-refractivity contribution in [3.8, 4) is 0 Å². The third-order valence-corrected chi connectivity index (χ3v) is 3.40. The summed E-state index contributed by atoms with van der Waals surface area (Å²) in [5.41, 5.74) is 1.72. The Hall–Kier alpha value is -1.33. The number of likely N-dealkylation sites (N-methyl/N-ethyl adjacent to an activating group) is 1. The van der Waals surface area contributed by atoms with Gasteiger partial charge in [0.15, 0.2) is 4.77 Å². The Morgan fingerprint density at radius 1 is 1.50 bits per heavy atom. The summed E-state index contributed by atoms with van der Waals surface area (Å²) in [4.78, 5) is 16.7. The quantitative estimate of drug-likeness (QED) is 0.861. The maximum atomic E-state index is 12.0. The Labute approximate surface area is 115 Å². The maximum Gasteiger partial charge on any atom is 0.244 e. The van der Waals surface area contributed by atoms with E-state index in [9.17, 15) is 4.79 Å². The summed E-state index contributed by atoms with van der Waals surface area (Å²) in [6.07, 6.45) is 0. The number of hydrogen-bond donors (Lipinski definition) is 1. The van der Waals surface area contributed by atoms with Crippen LogP contribution >= 0.6 is 23.8 Å². The zero-order valence-corrected chi connectivity index (χ0v) is 12.0. The van der Waals surface area contributed by atoms with Crippen molar-refractivity contribution < 1.29 is 4.79 Å². The van der Waals surface area contributed by atoms with Gasteiger partial charge in [-0.05, 0) is 37.3 Å². The molecule has 0 fully saturated rings. The molecule has 2 rings (SSSR count). The molecule has 1 heterocycles. The van der Waals surface area contributed by atoms with Crippen molar-refractivity contribution >= 4 is 40.8 Å². The van der Waals surface area contributed by atoms with Crippen LogP contribution in [0.4, 0.5) is 0 Å². The third-order valence-electron chi connectivity index (χ3n) is 2.87. The Kier molecular flexibility index (Phi) is 3.45. The van der Waals surface area contributed by atoms with E-state index in [-0.39, 0.29) is 11.9 Å². The monoisotopic (exact) mass is 283 g/mol. The minimum atomic E-state index is -0.361. The summed E-state index contributed by atoms with van der Waals surface area (Å²) in [6.45, 7) is 1.83. The molecule has 0 saturated heterocycles. The predicted octanol–water partition coefficient (Wildman–Crippen LogP) is 3.00. The van der Waals surface area contributed by atoms with Crippen molar-refractivity contribution in [3.05, 3.63) is 28.0 Å². The second-order valence-electron chi connectivity index (χ2n) is 4.37. The molecule has 0 aliphatic rings. The number of nitrogens with one attached hydrogen (secondary N) is 1. The van der Waals surface area contributed by atoms with Crippen molar-refractivity contribution in [1.82, 2.24) is 14.5 Å². The first-order valence-electron chi connectivity index (χ1n) is 5.52. The summed E-state index contributed by atoms with van der Waals surface area (Å²) >= 11 is 11.3. The van der Waals surface area contributed by atoms with Crippen molar-refractivity contribution in [2.45, 2.75) is 13.0 Å². The Bertz CT molecular complexity index is 659. The molecule has 2 aromatic rings. The van der Waals surface area contributed by atoms with E-state index in [1.54, 1.807) is 29.6 Å². The van der Waals surface area contributed by atoms with Crippen molar-refractivity contribution in [2.24, 2.45) is 0 Å². The van der Waals surface area contributed by atoms with Gasteiger partial charge < -0.3 is 14.5 Å². The van der Waals surface area contributed by atoms with Crippen LogP contribution in [0.1, 0.15) is 13.0 Å². The number of rotatable bonds is 2. The average molecular weight is 284 g/mol. The molecule has 0 aliphatic heterocycles. The lowest BCUT2D eigenvalue weighted by Gasteiger charge is -2.18. The molecule has 0 aliphatic carbocycles. The minimum Gasteiger partial charge on any atom is -0.347 e. The standard InChI is InChI=1S/C12H14ClN3OS/c1-7(11(17)15(2)3)16-10-6-8(13)4-5-9(10)14-12(16)18/h4-7H,1-3H3,(H,14,18). The number of H-pyrrole nitrogens is 1. The second-order valence-corrected chi connectivity index (χ2v) is 5.19. The summed E-state index contributed by atoms with van der Waals surface area (Å²) < 4.78 is 2.31. The van der Waals surface area contributed by atoms with Gasteiger partial charge in [-0.2, -0.15) is 0 Å². The molecule has 0 bridgehead atoms. The molecule has 1 atom stereocenters. The van der Waals surface area contributed by atoms with Gasteiger partial charge >= 0.3 is 0 Å². The fourth-order valence-electron chi connectivity index (χ4n) is 1.96. The molecule has 18 heavy (non-hydrogen) atoms. The highest BCUT2D eigenvalue weighted by Gasteiger charge is 2.19. The van der Waals surface area contributed by atoms with Crippen molar-refractivity contribution in [2.75, 3.05) is 14.1 Å². The molecule has 96 valence electrons. The number of aromatic amines is 1. The first-order chi connectivity index (χ1) is 8.41. The number of fused-ring (bicyclic) bond motifs is 1. The number of nitrogens with zero attached hydrogens (tertiary/aromatic N) is 2. The summed E-state index contributed by atoms with van der Waals surface area (Å²) in [6, 6.07) is 5.09. The minimum absolute atomic E-state index is 0.00743. The molecule has 4 nitrogen and oxygen atoms in total. The van der Waals surface area contributed by atoms with Gasteiger partial charge in [0.1, 0.15) is 6.04 Å². The lowest BCUT2D eigenvalue weighted by molar-refractivity contribution is -0.131. The van der Waals surface area contributed by atoms with Gasteiger partial charge in [0.25, 0.3) is 0 Å². The van der Waals surface area contributed by atoms with Crippen LogP contribution in [0, 0.1) is 4.77 Å². The zero-order valence-electron chi connectivity index (χ0n) is 10.4. The van der Waals surface area contributed by atoms with Gasteiger partial charge in [0.05, 0.1) is 11.0 Å². The highest BCUT2D eigenvalue weighted by atomic mass is 35.5. The first kappa shape index (κ1) is 13.1. The summed E-state index contributed by atoms with van der Waals surface area (Å²) in [5.74, 6) is -0.00743. The van der Waals surface area contributed by atoms with Crippen molar-refractivity contribution in [3.63, 3.8) is 0 Å². The van der Waals surface area contributed by atoms with Crippen LogP contribution in [0.5, 0.6) is 0 Å². The molecular formula is C12H14ClN3OS. The predicted molar refractivity (Wildman–Crippen MR) is 75.5 cm³/mol. The topological polar surface area (TPSA) is 41.0 Å². The van der Waals surface area contributed by atoms with Crippen molar-refractivity contribution in [1.29, 1.82) is 0 Å². The lowest BCUT2D eigenvalue weighted by atomic mass is 10.2. The number of hydrogen-bond acceptors (Lipinski definition) is 2. The number of halogens is 1. The summed E-state index contributed by atoms with van der Waals surface area (Å²) in [7, 11) is 3.45. The van der Waals surface area contributed by atoms with Gasteiger partial charge in [0, 0.05) is 19.1 Å². The third kappa shape index (κ3) is 2.15. The number of carbonyl (C=O) groups excluding carboxylic acids is 1. The van der Waals surface area contributed by atoms with E-state index in [2.05, 4.69) is 4.98 Å². The van der Waals surface area contributed by atoms with Crippen LogP contribution < -0.4 is 0 Å². The van der Waals surface area contributed by atoms with Crippen LogP contribution in [0.25, 0.3) is 11.0 Å². The molecule has 1 aromatic carbocycles. The van der Waals surface area contributed by atoms with Crippen LogP contribution in [0.3, 0.4) is 0 Å². The second kappa shape index (κ2) is 4.74. The van der Waals surface area contributed by atoms with Gasteiger partial charge in [-0.15, -0.1) is 0 Å². The number of carbonyl (C=O) groups is 1. The molecule has 1 unspecified atom stereocenters.